The quantitative estimate of drug-likeness (QED) is 0.742. The summed E-state index contributed by atoms with van der Waals surface area (Å²) in [7, 11) is 0. The van der Waals surface area contributed by atoms with Crippen LogP contribution in [-0.2, 0) is 4.74 Å². The fourth-order valence-corrected chi connectivity index (χ4v) is 5.36. The van der Waals surface area contributed by atoms with Crippen LogP contribution in [0.3, 0.4) is 0 Å². The number of hydrogen-bond acceptors (Lipinski definition) is 2. The predicted molar refractivity (Wildman–Crippen MR) is 79.2 cm³/mol. The van der Waals surface area contributed by atoms with Crippen LogP contribution in [-0.4, -0.2) is 23.4 Å². The number of allylic oxidation sites excluding steroid dienone is 1. The van der Waals surface area contributed by atoms with E-state index in [1.165, 1.54) is 23.1 Å². The summed E-state index contributed by atoms with van der Waals surface area (Å²) in [6.07, 6.45) is 7.09. The van der Waals surface area contributed by atoms with Crippen LogP contribution in [0.15, 0.2) is 22.8 Å². The van der Waals surface area contributed by atoms with Crippen molar-refractivity contribution in [1.82, 2.24) is 0 Å². The number of rotatable bonds is 1. The third kappa shape index (κ3) is 1.64. The molecule has 2 bridgehead atoms. The maximum absolute atomic E-state index is 10.2. The molecule has 2 heterocycles. The van der Waals surface area contributed by atoms with Crippen molar-refractivity contribution >= 4 is 0 Å². The van der Waals surface area contributed by atoms with Gasteiger partial charge < -0.3 is 9.84 Å². The summed E-state index contributed by atoms with van der Waals surface area (Å²) in [6.45, 7) is 7.01. The molecule has 4 rings (SSSR count). The summed E-state index contributed by atoms with van der Waals surface area (Å²) < 4.78 is 6.45. The number of aliphatic hydroxyl groups is 1. The Labute approximate surface area is 121 Å². The van der Waals surface area contributed by atoms with E-state index in [0.717, 1.165) is 25.2 Å². The van der Waals surface area contributed by atoms with Gasteiger partial charge in [-0.05, 0) is 55.6 Å². The molecule has 0 aromatic heterocycles. The normalized spacial score (nSPS) is 46.5. The fourth-order valence-electron chi connectivity index (χ4n) is 5.36. The Kier molecular flexibility index (Phi) is 2.91. The zero-order valence-corrected chi connectivity index (χ0v) is 12.8. The minimum Gasteiger partial charge on any atom is -0.389 e. The van der Waals surface area contributed by atoms with Gasteiger partial charge in [-0.2, -0.15) is 0 Å². The molecule has 2 nitrogen and oxygen atoms in total. The highest BCUT2D eigenvalue weighted by Gasteiger charge is 2.55. The van der Waals surface area contributed by atoms with E-state index in [1.807, 2.05) is 0 Å². The molecule has 110 valence electrons. The van der Waals surface area contributed by atoms with Crippen molar-refractivity contribution < 1.29 is 9.84 Å². The van der Waals surface area contributed by atoms with E-state index in [-0.39, 0.29) is 6.10 Å². The lowest BCUT2D eigenvalue weighted by molar-refractivity contribution is 0.0294. The van der Waals surface area contributed by atoms with E-state index >= 15 is 0 Å². The molecule has 0 aromatic carbocycles. The van der Waals surface area contributed by atoms with Crippen LogP contribution >= 0.6 is 0 Å². The number of fused-ring (bicyclic) bond motifs is 6. The topological polar surface area (TPSA) is 29.5 Å². The van der Waals surface area contributed by atoms with Gasteiger partial charge in [0.05, 0.1) is 18.3 Å². The molecule has 1 fully saturated rings. The Hall–Kier alpha value is -0.600. The lowest BCUT2D eigenvalue weighted by Crippen LogP contribution is -2.35. The van der Waals surface area contributed by atoms with Gasteiger partial charge in [0.2, 0.25) is 0 Å². The van der Waals surface area contributed by atoms with Gasteiger partial charge >= 0.3 is 0 Å². The lowest BCUT2D eigenvalue weighted by Gasteiger charge is -2.37. The second kappa shape index (κ2) is 4.45. The number of hydrogen-bond donors (Lipinski definition) is 1. The van der Waals surface area contributed by atoms with E-state index in [0.29, 0.717) is 30.0 Å². The van der Waals surface area contributed by atoms with Gasteiger partial charge in [0, 0.05) is 11.8 Å². The summed E-state index contributed by atoms with van der Waals surface area (Å²) in [5.41, 5.74) is 4.35. The Morgan fingerprint density at radius 1 is 1.30 bits per heavy atom. The van der Waals surface area contributed by atoms with Crippen molar-refractivity contribution in [2.45, 2.75) is 64.8 Å². The van der Waals surface area contributed by atoms with E-state index in [4.69, 9.17) is 4.74 Å². The van der Waals surface area contributed by atoms with Gasteiger partial charge in [-0.1, -0.05) is 25.5 Å². The zero-order valence-electron chi connectivity index (χ0n) is 12.8. The summed E-state index contributed by atoms with van der Waals surface area (Å²) in [4.78, 5) is 0. The van der Waals surface area contributed by atoms with E-state index in [1.54, 1.807) is 0 Å². The molecular weight excluding hydrogens is 248 g/mol. The molecule has 2 aliphatic carbocycles. The van der Waals surface area contributed by atoms with Gasteiger partial charge in [-0.3, -0.25) is 0 Å². The van der Waals surface area contributed by atoms with Gasteiger partial charge in [-0.25, -0.2) is 0 Å². The van der Waals surface area contributed by atoms with Gasteiger partial charge in [0.15, 0.2) is 0 Å². The highest BCUT2D eigenvalue weighted by atomic mass is 16.5. The first kappa shape index (κ1) is 13.1. The van der Waals surface area contributed by atoms with Crippen molar-refractivity contribution in [3.63, 3.8) is 0 Å². The van der Waals surface area contributed by atoms with Crippen molar-refractivity contribution in [3.05, 3.63) is 22.8 Å². The summed E-state index contributed by atoms with van der Waals surface area (Å²) in [5.74, 6) is 2.70. The zero-order chi connectivity index (χ0) is 14.0. The van der Waals surface area contributed by atoms with Crippen LogP contribution in [0.4, 0.5) is 0 Å². The van der Waals surface area contributed by atoms with Crippen LogP contribution in [0.1, 0.15) is 46.5 Å². The molecule has 2 heteroatoms. The van der Waals surface area contributed by atoms with Crippen LogP contribution in [0.25, 0.3) is 0 Å². The molecule has 0 unspecified atom stereocenters. The van der Waals surface area contributed by atoms with Gasteiger partial charge in [0.25, 0.3) is 0 Å². The Morgan fingerprint density at radius 3 is 2.85 bits per heavy atom. The molecule has 20 heavy (non-hydrogen) atoms. The SMILES string of the molecule is CC1=CC[C@H](C(C)C)[C@@H]2[C@H]1[C@H]1CC3=C(CC[C@@H]3O)[C@@H]2O1. The third-order valence-electron chi connectivity index (χ3n) is 6.34. The van der Waals surface area contributed by atoms with Crippen molar-refractivity contribution in [3.8, 4) is 0 Å². The Morgan fingerprint density at radius 2 is 2.10 bits per heavy atom. The first-order chi connectivity index (χ1) is 9.58. The minimum absolute atomic E-state index is 0.180. The molecule has 0 aromatic rings. The van der Waals surface area contributed by atoms with Crippen molar-refractivity contribution in [2.24, 2.45) is 23.7 Å². The largest absolute Gasteiger partial charge is 0.389 e. The lowest BCUT2D eigenvalue weighted by atomic mass is 9.65. The molecule has 0 radical (unpaired) electrons. The minimum atomic E-state index is -0.180. The highest BCUT2D eigenvalue weighted by molar-refractivity contribution is 5.36. The first-order valence-corrected chi connectivity index (χ1v) is 8.30. The fraction of sp³-hybridized carbons (Fsp3) is 0.778. The summed E-state index contributed by atoms with van der Waals surface area (Å²) in [5, 5.41) is 10.2. The van der Waals surface area contributed by atoms with Gasteiger partial charge in [-0.15, -0.1) is 0 Å². The maximum atomic E-state index is 10.2. The number of aliphatic hydroxyl groups excluding tert-OH is 1. The smallest absolute Gasteiger partial charge is 0.0830 e. The van der Waals surface area contributed by atoms with Crippen LogP contribution in [0, 0.1) is 23.7 Å². The first-order valence-electron chi connectivity index (χ1n) is 8.30. The number of ether oxygens (including phenoxy) is 1. The van der Waals surface area contributed by atoms with Crippen LogP contribution in [0.2, 0.25) is 0 Å². The predicted octanol–water partition coefficient (Wildman–Crippen LogP) is 3.46. The molecule has 0 amide bonds. The van der Waals surface area contributed by atoms with Crippen molar-refractivity contribution in [2.75, 3.05) is 0 Å². The standard InChI is InChI=1S/C18H26O2/c1-9(2)11-5-4-10(3)16-15-8-13-12(6-7-14(13)19)18(20-15)17(11)16/h4,9,11,14-19H,5-8H2,1-3H3/t11-,14+,15-,16-,17-,18+/m1/s1. The average molecular weight is 274 g/mol. The van der Waals surface area contributed by atoms with E-state index in [9.17, 15) is 5.11 Å². The molecule has 6 atom stereocenters. The highest BCUT2D eigenvalue weighted by Crippen LogP contribution is 2.56. The third-order valence-corrected chi connectivity index (χ3v) is 6.34. The van der Waals surface area contributed by atoms with Gasteiger partial charge in [0.1, 0.15) is 0 Å². The van der Waals surface area contributed by atoms with Crippen LogP contribution < -0.4 is 0 Å². The molecule has 4 aliphatic rings. The molecular formula is C18H26O2. The Balaban J connectivity index is 1.76. The van der Waals surface area contributed by atoms with E-state index in [2.05, 4.69) is 26.8 Å². The maximum Gasteiger partial charge on any atom is 0.0830 e. The second-order valence-corrected chi connectivity index (χ2v) is 7.60. The average Bonchev–Trinajstić information content (AvgIpc) is 2.92. The van der Waals surface area contributed by atoms with Crippen molar-refractivity contribution in [1.29, 1.82) is 0 Å². The molecule has 1 saturated heterocycles. The van der Waals surface area contributed by atoms with E-state index < -0.39 is 0 Å². The summed E-state index contributed by atoms with van der Waals surface area (Å²) in [6, 6.07) is 0. The second-order valence-electron chi connectivity index (χ2n) is 7.60. The molecule has 0 saturated carbocycles. The molecule has 1 N–H and O–H groups in total. The Bertz CT molecular complexity index is 488. The summed E-state index contributed by atoms with van der Waals surface area (Å²) >= 11 is 0. The molecule has 2 aliphatic heterocycles. The van der Waals surface area contributed by atoms with Crippen LogP contribution in [0.5, 0.6) is 0 Å². The monoisotopic (exact) mass is 274 g/mol. The molecule has 0 spiro atoms.